The Bertz CT molecular complexity index is 593. The highest BCUT2D eigenvalue weighted by Crippen LogP contribution is 2.16. The van der Waals surface area contributed by atoms with E-state index in [0.29, 0.717) is 0 Å². The van der Waals surface area contributed by atoms with Gasteiger partial charge in [0.25, 0.3) is 11.8 Å². The van der Waals surface area contributed by atoms with Gasteiger partial charge in [-0.15, -0.1) is 0 Å². The van der Waals surface area contributed by atoms with Crippen molar-refractivity contribution < 1.29 is 28.7 Å². The molecule has 10 nitrogen and oxygen atoms in total. The van der Waals surface area contributed by atoms with Crippen LogP contribution in [-0.2, 0) is 19.1 Å². The standard InChI is InChI=1S/C15H24N4O6/c1-14(2,3)17-12(23)16-9(20)8-25-10(21)6-7-19-11(22)15(4,5)18-13(19)24/h6-8H2,1-5H3,(H,18,24)(H2,16,17,20,23). The van der Waals surface area contributed by atoms with Gasteiger partial charge in [-0.3, -0.25) is 24.6 Å². The van der Waals surface area contributed by atoms with Crippen molar-refractivity contribution in [3.63, 3.8) is 0 Å². The summed E-state index contributed by atoms with van der Waals surface area (Å²) < 4.78 is 4.72. The van der Waals surface area contributed by atoms with E-state index in [1.54, 1.807) is 34.6 Å². The van der Waals surface area contributed by atoms with Gasteiger partial charge >= 0.3 is 18.0 Å². The molecule has 1 aliphatic heterocycles. The summed E-state index contributed by atoms with van der Waals surface area (Å²) in [5, 5.41) is 7.02. The molecule has 0 aromatic rings. The molecule has 0 spiro atoms. The molecule has 10 heteroatoms. The Morgan fingerprint density at radius 3 is 2.28 bits per heavy atom. The van der Waals surface area contributed by atoms with E-state index in [2.05, 4.69) is 10.6 Å². The van der Waals surface area contributed by atoms with E-state index in [4.69, 9.17) is 4.74 Å². The highest BCUT2D eigenvalue weighted by atomic mass is 16.5. The van der Waals surface area contributed by atoms with Gasteiger partial charge in [-0.1, -0.05) is 0 Å². The van der Waals surface area contributed by atoms with Crippen LogP contribution in [0.1, 0.15) is 41.0 Å². The lowest BCUT2D eigenvalue weighted by molar-refractivity contribution is -0.148. The number of hydrogen-bond donors (Lipinski definition) is 3. The molecule has 1 rings (SSSR count). The molecule has 25 heavy (non-hydrogen) atoms. The first-order valence-electron chi connectivity index (χ1n) is 7.73. The van der Waals surface area contributed by atoms with Crippen molar-refractivity contribution in [3.8, 4) is 0 Å². The lowest BCUT2D eigenvalue weighted by Gasteiger charge is -2.20. The number of esters is 1. The fourth-order valence-electron chi connectivity index (χ4n) is 1.98. The van der Waals surface area contributed by atoms with Crippen LogP contribution in [0.25, 0.3) is 0 Å². The molecule has 140 valence electrons. The van der Waals surface area contributed by atoms with E-state index in [-0.39, 0.29) is 13.0 Å². The predicted molar refractivity (Wildman–Crippen MR) is 86.3 cm³/mol. The molecule has 0 aliphatic carbocycles. The average Bonchev–Trinajstić information content (AvgIpc) is 2.61. The van der Waals surface area contributed by atoms with Crippen LogP contribution in [0.5, 0.6) is 0 Å². The second-order valence-corrected chi connectivity index (χ2v) is 7.17. The molecular formula is C15H24N4O6. The number of nitrogens with one attached hydrogen (secondary N) is 3. The van der Waals surface area contributed by atoms with E-state index in [9.17, 15) is 24.0 Å². The third kappa shape index (κ3) is 6.40. The van der Waals surface area contributed by atoms with E-state index in [0.717, 1.165) is 4.90 Å². The molecule has 0 unspecified atom stereocenters. The molecule has 3 N–H and O–H groups in total. The van der Waals surface area contributed by atoms with Crippen LogP contribution in [0.3, 0.4) is 0 Å². The van der Waals surface area contributed by atoms with Gasteiger partial charge in [0, 0.05) is 12.1 Å². The molecule has 0 bridgehead atoms. The molecule has 1 saturated heterocycles. The number of amides is 6. The summed E-state index contributed by atoms with van der Waals surface area (Å²) >= 11 is 0. The molecule has 0 aromatic carbocycles. The zero-order chi connectivity index (χ0) is 19.4. The van der Waals surface area contributed by atoms with Crippen molar-refractivity contribution in [1.29, 1.82) is 0 Å². The number of nitrogens with zero attached hydrogens (tertiary/aromatic N) is 1. The molecule has 1 fully saturated rings. The molecule has 1 aliphatic rings. The molecule has 0 radical (unpaired) electrons. The third-order valence-corrected chi connectivity index (χ3v) is 3.09. The van der Waals surface area contributed by atoms with Crippen LogP contribution in [0.2, 0.25) is 0 Å². The zero-order valence-electron chi connectivity index (χ0n) is 15.0. The third-order valence-electron chi connectivity index (χ3n) is 3.09. The average molecular weight is 356 g/mol. The van der Waals surface area contributed by atoms with Crippen molar-refractivity contribution >= 4 is 29.8 Å². The van der Waals surface area contributed by atoms with E-state index >= 15 is 0 Å². The number of urea groups is 2. The Hall–Kier alpha value is -2.65. The Morgan fingerprint density at radius 1 is 1.20 bits per heavy atom. The van der Waals surface area contributed by atoms with Crippen LogP contribution < -0.4 is 16.0 Å². The van der Waals surface area contributed by atoms with Gasteiger partial charge in [-0.2, -0.15) is 0 Å². The normalized spacial score (nSPS) is 16.3. The SMILES string of the molecule is CC(C)(C)NC(=O)NC(=O)COC(=O)CCN1C(=O)NC(C)(C)C1=O. The van der Waals surface area contributed by atoms with Crippen LogP contribution in [-0.4, -0.2) is 59.0 Å². The fraction of sp³-hybridized carbons (Fsp3) is 0.667. The molecule has 0 aromatic heterocycles. The predicted octanol–water partition coefficient (Wildman–Crippen LogP) is -0.126. The van der Waals surface area contributed by atoms with Crippen molar-refractivity contribution in [2.75, 3.05) is 13.2 Å². The quantitative estimate of drug-likeness (QED) is 0.464. The summed E-state index contributed by atoms with van der Waals surface area (Å²) in [6, 6.07) is -1.28. The number of carbonyl (C=O) groups is 5. The maximum absolute atomic E-state index is 11.9. The zero-order valence-corrected chi connectivity index (χ0v) is 15.0. The van der Waals surface area contributed by atoms with Gasteiger partial charge in [0.1, 0.15) is 5.54 Å². The maximum atomic E-state index is 11.9. The summed E-state index contributed by atoms with van der Waals surface area (Å²) in [7, 11) is 0. The minimum Gasteiger partial charge on any atom is -0.456 e. The summed E-state index contributed by atoms with van der Waals surface area (Å²) in [5.41, 5.74) is -1.53. The molecule has 0 saturated carbocycles. The fourth-order valence-corrected chi connectivity index (χ4v) is 1.98. The first-order chi connectivity index (χ1) is 11.3. The smallest absolute Gasteiger partial charge is 0.325 e. The highest BCUT2D eigenvalue weighted by molar-refractivity contribution is 6.06. The first-order valence-corrected chi connectivity index (χ1v) is 7.73. The van der Waals surface area contributed by atoms with Crippen LogP contribution >= 0.6 is 0 Å². The van der Waals surface area contributed by atoms with Crippen molar-refractivity contribution in [2.24, 2.45) is 0 Å². The van der Waals surface area contributed by atoms with Crippen molar-refractivity contribution in [2.45, 2.75) is 52.1 Å². The Labute approximate surface area is 145 Å². The Kier molecular flexibility index (Phi) is 6.11. The molecule has 6 amide bonds. The van der Waals surface area contributed by atoms with E-state index < -0.39 is 47.5 Å². The van der Waals surface area contributed by atoms with Gasteiger partial charge in [-0.05, 0) is 34.6 Å². The van der Waals surface area contributed by atoms with Crippen LogP contribution in [0, 0.1) is 0 Å². The van der Waals surface area contributed by atoms with Crippen LogP contribution in [0.15, 0.2) is 0 Å². The van der Waals surface area contributed by atoms with Gasteiger partial charge in [0.15, 0.2) is 6.61 Å². The van der Waals surface area contributed by atoms with Gasteiger partial charge in [0.05, 0.1) is 6.42 Å². The maximum Gasteiger partial charge on any atom is 0.325 e. The number of ether oxygens (including phenoxy) is 1. The minimum atomic E-state index is -1.01. The number of imide groups is 2. The summed E-state index contributed by atoms with van der Waals surface area (Å²) in [5.74, 6) is -2.00. The van der Waals surface area contributed by atoms with Crippen molar-refractivity contribution in [1.82, 2.24) is 20.9 Å². The number of rotatable bonds is 5. The lowest BCUT2D eigenvalue weighted by atomic mass is 10.1. The van der Waals surface area contributed by atoms with Gasteiger partial charge in [-0.25, -0.2) is 9.59 Å². The summed E-state index contributed by atoms with van der Waals surface area (Å²) in [4.78, 5) is 59.1. The summed E-state index contributed by atoms with van der Waals surface area (Å²) in [6.45, 7) is 7.55. The van der Waals surface area contributed by atoms with Gasteiger partial charge in [0.2, 0.25) is 0 Å². The number of carbonyl (C=O) groups excluding carboxylic acids is 5. The Balaban J connectivity index is 2.34. The number of hydrogen-bond acceptors (Lipinski definition) is 6. The van der Waals surface area contributed by atoms with Crippen molar-refractivity contribution in [3.05, 3.63) is 0 Å². The minimum absolute atomic E-state index is 0.154. The largest absolute Gasteiger partial charge is 0.456 e. The molecule has 0 atom stereocenters. The summed E-state index contributed by atoms with van der Waals surface area (Å²) in [6.07, 6.45) is -0.253. The van der Waals surface area contributed by atoms with Gasteiger partial charge < -0.3 is 15.4 Å². The molecular weight excluding hydrogens is 332 g/mol. The lowest BCUT2D eigenvalue weighted by Crippen LogP contribution is -2.49. The first kappa shape index (κ1) is 20.4. The topological polar surface area (TPSA) is 134 Å². The Morgan fingerprint density at radius 2 is 1.80 bits per heavy atom. The second-order valence-electron chi connectivity index (χ2n) is 7.17. The molecule has 1 heterocycles. The second kappa shape index (κ2) is 7.49. The van der Waals surface area contributed by atoms with Crippen LogP contribution in [0.4, 0.5) is 9.59 Å². The van der Waals surface area contributed by atoms with E-state index in [1.165, 1.54) is 0 Å². The monoisotopic (exact) mass is 356 g/mol. The highest BCUT2D eigenvalue weighted by Gasteiger charge is 2.44. The van der Waals surface area contributed by atoms with E-state index in [1.807, 2.05) is 5.32 Å².